The van der Waals surface area contributed by atoms with Crippen molar-refractivity contribution in [3.8, 4) is 0 Å². The Labute approximate surface area is 157 Å². The van der Waals surface area contributed by atoms with Crippen LogP contribution in [0.2, 0.25) is 0 Å². The summed E-state index contributed by atoms with van der Waals surface area (Å²) in [5.74, 6) is -0.583. The van der Waals surface area contributed by atoms with Gasteiger partial charge in [-0.15, -0.1) is 0 Å². The maximum absolute atomic E-state index is 12.9. The maximum atomic E-state index is 12.9. The standard InChI is InChI=1S/C22H22N2O3/c1-14-11-16-7-3-6-10-20(16)24(14)22(26)15(2)27-21(25)12-17-13-23-19-9-5-4-8-18(17)19/h3-10,13-15,23H,11-12H2,1-2H3/t14-,15-/m0/s1. The van der Waals surface area contributed by atoms with Gasteiger partial charge in [0.25, 0.3) is 5.91 Å². The number of esters is 1. The third-order valence-corrected chi connectivity index (χ3v) is 5.11. The molecule has 3 aromatic rings. The summed E-state index contributed by atoms with van der Waals surface area (Å²) < 4.78 is 5.47. The van der Waals surface area contributed by atoms with Gasteiger partial charge in [-0.05, 0) is 43.5 Å². The van der Waals surface area contributed by atoms with Crippen molar-refractivity contribution in [2.75, 3.05) is 4.90 Å². The van der Waals surface area contributed by atoms with Crippen molar-refractivity contribution in [1.29, 1.82) is 0 Å². The van der Waals surface area contributed by atoms with Gasteiger partial charge < -0.3 is 14.6 Å². The summed E-state index contributed by atoms with van der Waals surface area (Å²) in [5, 5.41) is 0.996. The molecule has 5 heteroatoms. The topological polar surface area (TPSA) is 62.4 Å². The number of anilines is 1. The molecular weight excluding hydrogens is 340 g/mol. The minimum atomic E-state index is -0.823. The van der Waals surface area contributed by atoms with Gasteiger partial charge in [0.2, 0.25) is 0 Å². The van der Waals surface area contributed by atoms with Crippen molar-refractivity contribution in [3.05, 3.63) is 65.9 Å². The molecule has 0 saturated heterocycles. The predicted octanol–water partition coefficient (Wildman–Crippen LogP) is 3.62. The van der Waals surface area contributed by atoms with E-state index in [1.165, 1.54) is 0 Å². The number of H-pyrrole nitrogens is 1. The molecular formula is C22H22N2O3. The van der Waals surface area contributed by atoms with Gasteiger partial charge in [-0.2, -0.15) is 0 Å². The molecule has 138 valence electrons. The number of nitrogens with zero attached hydrogens (tertiary/aromatic N) is 1. The normalized spacial score (nSPS) is 17.0. The number of fused-ring (bicyclic) bond motifs is 2. The second kappa shape index (κ2) is 6.91. The number of nitrogens with one attached hydrogen (secondary N) is 1. The Balaban J connectivity index is 1.45. The zero-order valence-electron chi connectivity index (χ0n) is 15.4. The molecule has 1 aromatic heterocycles. The van der Waals surface area contributed by atoms with Gasteiger partial charge in [0.05, 0.1) is 6.42 Å². The van der Waals surface area contributed by atoms with Crippen LogP contribution in [0.4, 0.5) is 5.69 Å². The van der Waals surface area contributed by atoms with E-state index in [2.05, 4.69) is 4.98 Å². The molecule has 0 bridgehead atoms. The van der Waals surface area contributed by atoms with E-state index in [0.717, 1.165) is 34.1 Å². The van der Waals surface area contributed by atoms with Crippen LogP contribution in [0.5, 0.6) is 0 Å². The van der Waals surface area contributed by atoms with Gasteiger partial charge in [-0.3, -0.25) is 9.59 Å². The molecule has 0 spiro atoms. The highest BCUT2D eigenvalue weighted by molar-refractivity contribution is 6.00. The first-order chi connectivity index (χ1) is 13.0. The SMILES string of the molecule is C[C@H](OC(=O)Cc1c[nH]c2ccccc12)C(=O)N1c2ccccc2C[C@@H]1C. The van der Waals surface area contributed by atoms with E-state index in [9.17, 15) is 9.59 Å². The molecule has 1 aliphatic rings. The van der Waals surface area contributed by atoms with Crippen molar-refractivity contribution in [3.63, 3.8) is 0 Å². The molecule has 4 rings (SSSR count). The molecule has 1 N–H and O–H groups in total. The minimum Gasteiger partial charge on any atom is -0.452 e. The Bertz CT molecular complexity index is 1010. The smallest absolute Gasteiger partial charge is 0.311 e. The number of amides is 1. The third-order valence-electron chi connectivity index (χ3n) is 5.11. The van der Waals surface area contributed by atoms with E-state index in [-0.39, 0.29) is 18.4 Å². The lowest BCUT2D eigenvalue weighted by Crippen LogP contribution is -2.43. The van der Waals surface area contributed by atoms with Crippen molar-refractivity contribution in [1.82, 2.24) is 4.98 Å². The average molecular weight is 362 g/mol. The van der Waals surface area contributed by atoms with E-state index >= 15 is 0 Å². The van der Waals surface area contributed by atoms with Gasteiger partial charge in [-0.1, -0.05) is 36.4 Å². The Kier molecular flexibility index (Phi) is 4.44. The van der Waals surface area contributed by atoms with Crippen molar-refractivity contribution in [2.24, 2.45) is 0 Å². The second-order valence-electron chi connectivity index (χ2n) is 7.06. The van der Waals surface area contributed by atoms with Gasteiger partial charge in [0.1, 0.15) is 0 Å². The van der Waals surface area contributed by atoms with Gasteiger partial charge in [0.15, 0.2) is 6.10 Å². The summed E-state index contributed by atoms with van der Waals surface area (Å²) in [4.78, 5) is 30.2. The maximum Gasteiger partial charge on any atom is 0.311 e. The Morgan fingerprint density at radius 1 is 1.19 bits per heavy atom. The van der Waals surface area contributed by atoms with E-state index in [0.29, 0.717) is 0 Å². The summed E-state index contributed by atoms with van der Waals surface area (Å²) >= 11 is 0. The van der Waals surface area contributed by atoms with Crippen molar-refractivity contribution in [2.45, 2.75) is 38.8 Å². The van der Waals surface area contributed by atoms with Crippen LogP contribution in [0.25, 0.3) is 10.9 Å². The van der Waals surface area contributed by atoms with E-state index in [1.54, 1.807) is 11.8 Å². The number of para-hydroxylation sites is 2. The fourth-order valence-corrected chi connectivity index (χ4v) is 3.82. The van der Waals surface area contributed by atoms with Crippen LogP contribution in [-0.4, -0.2) is 29.0 Å². The summed E-state index contributed by atoms with van der Waals surface area (Å²) in [5.41, 5.74) is 3.91. The number of aromatic nitrogens is 1. The molecule has 0 aliphatic carbocycles. The Morgan fingerprint density at radius 3 is 2.78 bits per heavy atom. The van der Waals surface area contributed by atoms with E-state index < -0.39 is 12.1 Å². The fourth-order valence-electron chi connectivity index (χ4n) is 3.82. The molecule has 2 heterocycles. The van der Waals surface area contributed by atoms with Gasteiger partial charge in [-0.25, -0.2) is 0 Å². The first kappa shape index (κ1) is 17.3. The lowest BCUT2D eigenvalue weighted by Gasteiger charge is -2.25. The summed E-state index contributed by atoms with van der Waals surface area (Å²) in [6.45, 7) is 3.65. The van der Waals surface area contributed by atoms with Gasteiger partial charge >= 0.3 is 5.97 Å². The van der Waals surface area contributed by atoms with E-state index in [1.807, 2.05) is 61.7 Å². The van der Waals surface area contributed by atoms with Crippen LogP contribution < -0.4 is 4.90 Å². The second-order valence-corrected chi connectivity index (χ2v) is 7.06. The van der Waals surface area contributed by atoms with Crippen LogP contribution in [0.15, 0.2) is 54.7 Å². The van der Waals surface area contributed by atoms with Crippen LogP contribution >= 0.6 is 0 Å². The molecule has 2 atom stereocenters. The monoisotopic (exact) mass is 362 g/mol. The number of benzene rings is 2. The summed E-state index contributed by atoms with van der Waals surface area (Å²) in [6, 6.07) is 15.7. The number of hydrogen-bond acceptors (Lipinski definition) is 3. The predicted molar refractivity (Wildman–Crippen MR) is 105 cm³/mol. The number of aromatic amines is 1. The zero-order valence-corrected chi connectivity index (χ0v) is 15.4. The lowest BCUT2D eigenvalue weighted by molar-refractivity contribution is -0.153. The molecule has 0 radical (unpaired) electrons. The molecule has 0 fully saturated rings. The number of rotatable bonds is 4. The number of hydrogen-bond donors (Lipinski definition) is 1. The highest BCUT2D eigenvalue weighted by atomic mass is 16.5. The largest absolute Gasteiger partial charge is 0.452 e. The zero-order chi connectivity index (χ0) is 19.0. The molecule has 5 nitrogen and oxygen atoms in total. The lowest BCUT2D eigenvalue weighted by atomic mass is 10.1. The van der Waals surface area contributed by atoms with Crippen LogP contribution in [0.1, 0.15) is 25.0 Å². The van der Waals surface area contributed by atoms with E-state index in [4.69, 9.17) is 4.74 Å². The highest BCUT2D eigenvalue weighted by Crippen LogP contribution is 2.32. The van der Waals surface area contributed by atoms with Gasteiger partial charge in [0, 0.05) is 28.8 Å². The third kappa shape index (κ3) is 3.21. The number of ether oxygens (including phenoxy) is 1. The molecule has 2 aromatic carbocycles. The number of carbonyl (C=O) groups excluding carboxylic acids is 2. The Morgan fingerprint density at radius 2 is 1.93 bits per heavy atom. The number of carbonyl (C=O) groups is 2. The Hall–Kier alpha value is -3.08. The average Bonchev–Trinajstić information content (AvgIpc) is 3.21. The summed E-state index contributed by atoms with van der Waals surface area (Å²) in [6.07, 6.45) is 1.94. The molecule has 1 amide bonds. The van der Waals surface area contributed by atoms with Crippen LogP contribution in [-0.2, 0) is 27.2 Å². The summed E-state index contributed by atoms with van der Waals surface area (Å²) in [7, 11) is 0. The molecule has 0 saturated carbocycles. The first-order valence-corrected chi connectivity index (χ1v) is 9.20. The highest BCUT2D eigenvalue weighted by Gasteiger charge is 2.34. The molecule has 0 unspecified atom stereocenters. The van der Waals surface area contributed by atoms with Crippen molar-refractivity contribution < 1.29 is 14.3 Å². The quantitative estimate of drug-likeness (QED) is 0.721. The van der Waals surface area contributed by atoms with Crippen LogP contribution in [0.3, 0.4) is 0 Å². The van der Waals surface area contributed by atoms with Crippen molar-refractivity contribution >= 4 is 28.5 Å². The minimum absolute atomic E-state index is 0.0599. The molecule has 27 heavy (non-hydrogen) atoms. The van der Waals surface area contributed by atoms with Crippen LogP contribution in [0, 0.1) is 0 Å². The fraction of sp³-hybridized carbons (Fsp3) is 0.273. The first-order valence-electron chi connectivity index (χ1n) is 9.20. The molecule has 1 aliphatic heterocycles.